The van der Waals surface area contributed by atoms with Gasteiger partial charge in [-0.15, -0.1) is 0 Å². The Hall–Kier alpha value is -2.90. The van der Waals surface area contributed by atoms with Crippen LogP contribution in [0.4, 0.5) is 0 Å². The second kappa shape index (κ2) is 10.5. The Bertz CT molecular complexity index is 1180. The van der Waals surface area contributed by atoms with Gasteiger partial charge < -0.3 is 20.4 Å². The van der Waals surface area contributed by atoms with Gasteiger partial charge in [0.2, 0.25) is 5.91 Å². The lowest BCUT2D eigenvalue weighted by molar-refractivity contribution is -0.155. The molecule has 2 aromatic rings. The lowest BCUT2D eigenvalue weighted by Gasteiger charge is -2.51. The van der Waals surface area contributed by atoms with Crippen molar-refractivity contribution in [1.82, 2.24) is 10.2 Å². The zero-order valence-corrected chi connectivity index (χ0v) is 23.1. The van der Waals surface area contributed by atoms with Crippen LogP contribution in [0.5, 0.6) is 0 Å². The van der Waals surface area contributed by atoms with Gasteiger partial charge in [-0.25, -0.2) is 0 Å². The first kappa shape index (κ1) is 28.7. The monoisotopic (exact) mass is 528 g/mol. The van der Waals surface area contributed by atoms with E-state index in [9.17, 15) is 24.6 Å². The van der Waals surface area contributed by atoms with E-state index in [2.05, 4.69) is 5.32 Å². The van der Waals surface area contributed by atoms with E-state index in [0.29, 0.717) is 35.7 Å². The van der Waals surface area contributed by atoms with Gasteiger partial charge in [0.15, 0.2) is 0 Å². The van der Waals surface area contributed by atoms with Crippen LogP contribution in [0.25, 0.3) is 0 Å². The molecule has 3 N–H and O–H groups in total. The smallest absolute Gasteiger partial charge is 0.313 e. The van der Waals surface area contributed by atoms with Gasteiger partial charge in [-0.1, -0.05) is 63.6 Å². The van der Waals surface area contributed by atoms with E-state index in [4.69, 9.17) is 11.6 Å². The van der Waals surface area contributed by atoms with E-state index in [1.54, 1.807) is 55.1 Å². The van der Waals surface area contributed by atoms with E-state index in [1.807, 2.05) is 39.8 Å². The van der Waals surface area contributed by atoms with Gasteiger partial charge >= 0.3 is 5.97 Å². The highest BCUT2D eigenvalue weighted by Crippen LogP contribution is 2.46. The average Bonchev–Trinajstić information content (AvgIpc) is 2.83. The molecular formula is C29H37ClN2O5. The summed E-state index contributed by atoms with van der Waals surface area (Å²) in [6.07, 6.45) is 0.346. The van der Waals surface area contributed by atoms with Crippen molar-refractivity contribution in [2.24, 2.45) is 11.3 Å². The Morgan fingerprint density at radius 2 is 1.70 bits per heavy atom. The Labute approximate surface area is 223 Å². The SMILES string of the molecule is CC(C)[C@@H](NC(=O)c1cccc(C(C)(C)C(=O)O)c1)C(=O)N1CC[C@](O)(c2ccc(Cl)cc2)C(C)(C)C1. The van der Waals surface area contributed by atoms with Crippen LogP contribution < -0.4 is 5.32 Å². The third-order valence-corrected chi connectivity index (χ3v) is 7.94. The second-order valence-corrected chi connectivity index (χ2v) is 11.9. The molecule has 0 radical (unpaired) electrons. The van der Waals surface area contributed by atoms with Crippen LogP contribution in [0, 0.1) is 11.3 Å². The number of benzene rings is 2. The van der Waals surface area contributed by atoms with Crippen molar-refractivity contribution < 1.29 is 24.6 Å². The lowest BCUT2D eigenvalue weighted by atomic mass is 9.66. The number of rotatable bonds is 7. The third kappa shape index (κ3) is 5.68. The Morgan fingerprint density at radius 1 is 1.08 bits per heavy atom. The molecule has 8 heteroatoms. The van der Waals surface area contributed by atoms with E-state index < -0.39 is 34.3 Å². The highest BCUT2D eigenvalue weighted by atomic mass is 35.5. The minimum Gasteiger partial charge on any atom is -0.481 e. The van der Waals surface area contributed by atoms with Crippen LogP contribution in [0.1, 0.15) is 69.4 Å². The maximum Gasteiger partial charge on any atom is 0.313 e. The van der Waals surface area contributed by atoms with Gasteiger partial charge in [-0.05, 0) is 61.6 Å². The lowest BCUT2D eigenvalue weighted by Crippen LogP contribution is -2.60. The molecule has 200 valence electrons. The number of carbonyl (C=O) groups is 3. The van der Waals surface area contributed by atoms with Crippen molar-refractivity contribution in [3.05, 3.63) is 70.2 Å². The molecular weight excluding hydrogens is 492 g/mol. The molecule has 37 heavy (non-hydrogen) atoms. The van der Waals surface area contributed by atoms with Crippen LogP contribution in [-0.2, 0) is 20.6 Å². The molecule has 0 unspecified atom stereocenters. The van der Waals surface area contributed by atoms with Crippen molar-refractivity contribution >= 4 is 29.4 Å². The summed E-state index contributed by atoms with van der Waals surface area (Å²) in [7, 11) is 0. The number of carbonyl (C=O) groups excluding carboxylic acids is 2. The Kier molecular flexibility index (Phi) is 8.11. The zero-order chi connectivity index (χ0) is 27.8. The van der Waals surface area contributed by atoms with Crippen molar-refractivity contribution in [3.8, 4) is 0 Å². The summed E-state index contributed by atoms with van der Waals surface area (Å²) in [5, 5.41) is 24.6. The second-order valence-electron chi connectivity index (χ2n) is 11.5. The van der Waals surface area contributed by atoms with E-state index in [0.717, 1.165) is 5.56 Å². The number of carboxylic acid groups (broad SMARTS) is 1. The molecule has 1 aliphatic heterocycles. The van der Waals surface area contributed by atoms with E-state index >= 15 is 0 Å². The van der Waals surface area contributed by atoms with E-state index in [-0.39, 0.29) is 11.8 Å². The predicted octanol–water partition coefficient (Wildman–Crippen LogP) is 4.60. The van der Waals surface area contributed by atoms with Gasteiger partial charge in [0, 0.05) is 29.1 Å². The van der Waals surface area contributed by atoms with Gasteiger partial charge in [-0.2, -0.15) is 0 Å². The normalized spacial score (nSPS) is 20.4. The number of likely N-dealkylation sites (tertiary alicyclic amines) is 1. The molecule has 7 nitrogen and oxygen atoms in total. The van der Waals surface area contributed by atoms with Gasteiger partial charge in [-0.3, -0.25) is 14.4 Å². The van der Waals surface area contributed by atoms with Gasteiger partial charge in [0.1, 0.15) is 6.04 Å². The molecule has 1 heterocycles. The highest BCUT2D eigenvalue weighted by molar-refractivity contribution is 6.30. The number of hydrogen-bond donors (Lipinski definition) is 3. The predicted molar refractivity (Wildman–Crippen MR) is 144 cm³/mol. The first-order valence-corrected chi connectivity index (χ1v) is 12.9. The molecule has 2 amide bonds. The zero-order valence-electron chi connectivity index (χ0n) is 22.3. The molecule has 2 aromatic carbocycles. The Morgan fingerprint density at radius 3 is 2.24 bits per heavy atom. The fraction of sp³-hybridized carbons (Fsp3) is 0.483. The van der Waals surface area contributed by atoms with E-state index in [1.165, 1.54) is 0 Å². The van der Waals surface area contributed by atoms with Gasteiger partial charge in [0.25, 0.3) is 5.91 Å². The van der Waals surface area contributed by atoms with Crippen LogP contribution in [-0.4, -0.2) is 52.0 Å². The minimum absolute atomic E-state index is 0.185. The average molecular weight is 529 g/mol. The van der Waals surface area contributed by atoms with Crippen molar-refractivity contribution in [1.29, 1.82) is 0 Å². The van der Waals surface area contributed by atoms with Crippen LogP contribution >= 0.6 is 11.6 Å². The fourth-order valence-electron chi connectivity index (χ4n) is 4.88. The van der Waals surface area contributed by atoms with Crippen LogP contribution in [0.2, 0.25) is 5.02 Å². The standard InChI is InChI=1S/C29H37ClN2O5/c1-18(2)23(31-24(33)19-8-7-9-21(16-19)28(5,6)26(35)36)25(34)32-15-14-29(37,27(3,4)17-32)20-10-12-22(30)13-11-20/h7-13,16,18,23,37H,14-15,17H2,1-6H3,(H,31,33)(H,35,36)/t23-,29+/m1/s1. The molecule has 0 saturated carbocycles. The number of hydrogen-bond acceptors (Lipinski definition) is 4. The molecule has 0 aromatic heterocycles. The van der Waals surface area contributed by atoms with Crippen LogP contribution in [0.3, 0.4) is 0 Å². The van der Waals surface area contributed by atoms with Crippen molar-refractivity contribution in [3.63, 3.8) is 0 Å². The molecule has 3 rings (SSSR count). The number of amides is 2. The van der Waals surface area contributed by atoms with Crippen molar-refractivity contribution in [2.45, 2.75) is 65.0 Å². The maximum absolute atomic E-state index is 13.6. The first-order chi connectivity index (χ1) is 17.1. The summed E-state index contributed by atoms with van der Waals surface area (Å²) in [6.45, 7) is 11.4. The Balaban J connectivity index is 1.79. The summed E-state index contributed by atoms with van der Waals surface area (Å²) in [6, 6.07) is 12.8. The summed E-state index contributed by atoms with van der Waals surface area (Å²) in [5.41, 5.74) is -1.41. The molecule has 1 aliphatic rings. The first-order valence-electron chi connectivity index (χ1n) is 12.5. The van der Waals surface area contributed by atoms with Gasteiger partial charge in [0.05, 0.1) is 11.0 Å². The summed E-state index contributed by atoms with van der Waals surface area (Å²) >= 11 is 6.03. The number of aliphatic carboxylic acids is 1. The highest BCUT2D eigenvalue weighted by Gasteiger charge is 2.50. The summed E-state index contributed by atoms with van der Waals surface area (Å²) < 4.78 is 0. The number of aliphatic hydroxyl groups is 1. The quantitative estimate of drug-likeness (QED) is 0.487. The topological polar surface area (TPSA) is 107 Å². The molecule has 1 saturated heterocycles. The van der Waals surface area contributed by atoms with Crippen LogP contribution in [0.15, 0.2) is 48.5 Å². The summed E-state index contributed by atoms with van der Waals surface area (Å²) in [5.74, 6) is -1.83. The number of piperidine rings is 1. The molecule has 0 aliphatic carbocycles. The molecule has 0 bridgehead atoms. The maximum atomic E-state index is 13.6. The fourth-order valence-corrected chi connectivity index (χ4v) is 5.00. The summed E-state index contributed by atoms with van der Waals surface area (Å²) in [4.78, 5) is 40.2. The third-order valence-electron chi connectivity index (χ3n) is 7.68. The van der Waals surface area contributed by atoms with Crippen molar-refractivity contribution in [2.75, 3.05) is 13.1 Å². The largest absolute Gasteiger partial charge is 0.481 e. The minimum atomic E-state index is -1.16. The number of halogens is 1. The number of nitrogens with one attached hydrogen (secondary N) is 1. The molecule has 1 fully saturated rings. The number of carboxylic acids is 1. The molecule has 0 spiro atoms. The molecule has 2 atom stereocenters. The number of nitrogens with zero attached hydrogens (tertiary/aromatic N) is 1.